The monoisotopic (exact) mass is 276 g/mol. The Bertz CT molecular complexity index is 822. The van der Waals surface area contributed by atoms with Gasteiger partial charge in [-0.1, -0.05) is 24.3 Å². The third kappa shape index (κ3) is 2.74. The Kier molecular flexibility index (Phi) is 3.36. The Morgan fingerprint density at radius 3 is 2.57 bits per heavy atom. The van der Waals surface area contributed by atoms with Crippen LogP contribution in [-0.2, 0) is 6.42 Å². The SMILES string of the molecule is N#CCc1ccc(Oc2nc(N)nc3ccccc23)cc1. The van der Waals surface area contributed by atoms with E-state index in [-0.39, 0.29) is 5.95 Å². The number of benzene rings is 2. The molecule has 3 aromatic rings. The van der Waals surface area contributed by atoms with E-state index in [1.54, 1.807) is 12.1 Å². The molecule has 0 aliphatic heterocycles. The van der Waals surface area contributed by atoms with E-state index in [2.05, 4.69) is 16.0 Å². The number of para-hydroxylation sites is 1. The van der Waals surface area contributed by atoms with E-state index in [1.807, 2.05) is 36.4 Å². The van der Waals surface area contributed by atoms with Gasteiger partial charge in [-0.25, -0.2) is 4.98 Å². The van der Waals surface area contributed by atoms with Gasteiger partial charge in [-0.3, -0.25) is 0 Å². The van der Waals surface area contributed by atoms with Gasteiger partial charge in [0, 0.05) is 0 Å². The van der Waals surface area contributed by atoms with E-state index in [4.69, 9.17) is 15.7 Å². The van der Waals surface area contributed by atoms with Crippen molar-refractivity contribution in [2.24, 2.45) is 0 Å². The quantitative estimate of drug-likeness (QED) is 0.794. The van der Waals surface area contributed by atoms with Crippen LogP contribution in [-0.4, -0.2) is 9.97 Å². The Hall–Kier alpha value is -3.13. The van der Waals surface area contributed by atoms with Gasteiger partial charge in [-0.2, -0.15) is 10.2 Å². The number of nitrogens with two attached hydrogens (primary N) is 1. The molecule has 1 aromatic heterocycles. The van der Waals surface area contributed by atoms with Crippen LogP contribution in [0.1, 0.15) is 5.56 Å². The van der Waals surface area contributed by atoms with Crippen LogP contribution in [0, 0.1) is 11.3 Å². The van der Waals surface area contributed by atoms with Crippen LogP contribution in [0.5, 0.6) is 11.6 Å². The van der Waals surface area contributed by atoms with Crippen molar-refractivity contribution in [2.75, 3.05) is 5.73 Å². The van der Waals surface area contributed by atoms with Gasteiger partial charge in [0.1, 0.15) is 5.75 Å². The van der Waals surface area contributed by atoms with Crippen molar-refractivity contribution in [1.29, 1.82) is 5.26 Å². The molecule has 1 heterocycles. The van der Waals surface area contributed by atoms with Crippen molar-refractivity contribution in [1.82, 2.24) is 9.97 Å². The molecule has 3 rings (SSSR count). The number of rotatable bonds is 3. The third-order valence-corrected chi connectivity index (χ3v) is 3.01. The molecule has 102 valence electrons. The average molecular weight is 276 g/mol. The zero-order valence-electron chi connectivity index (χ0n) is 11.2. The molecule has 0 saturated heterocycles. The number of hydrogen-bond donors (Lipinski definition) is 1. The molecule has 5 heteroatoms. The first-order chi connectivity index (χ1) is 10.3. The van der Waals surface area contributed by atoms with Crippen LogP contribution >= 0.6 is 0 Å². The van der Waals surface area contributed by atoms with Crippen LogP contribution < -0.4 is 10.5 Å². The molecule has 0 saturated carbocycles. The minimum absolute atomic E-state index is 0.171. The van der Waals surface area contributed by atoms with E-state index >= 15 is 0 Å². The number of nitrogens with zero attached hydrogens (tertiary/aromatic N) is 3. The maximum atomic E-state index is 8.66. The van der Waals surface area contributed by atoms with E-state index < -0.39 is 0 Å². The molecule has 5 nitrogen and oxygen atoms in total. The van der Waals surface area contributed by atoms with Crippen LogP contribution in [0.4, 0.5) is 5.95 Å². The first kappa shape index (κ1) is 12.9. The summed E-state index contributed by atoms with van der Waals surface area (Å²) in [4.78, 5) is 8.31. The fourth-order valence-corrected chi connectivity index (χ4v) is 2.02. The topological polar surface area (TPSA) is 84.8 Å². The molecule has 0 spiro atoms. The Labute approximate surface area is 121 Å². The molecule has 0 radical (unpaired) electrons. The van der Waals surface area contributed by atoms with Crippen molar-refractivity contribution >= 4 is 16.9 Å². The molecule has 0 aliphatic rings. The van der Waals surface area contributed by atoms with Gasteiger partial charge in [0.2, 0.25) is 11.8 Å². The minimum Gasteiger partial charge on any atom is -0.438 e. The lowest BCUT2D eigenvalue weighted by Crippen LogP contribution is -1.98. The van der Waals surface area contributed by atoms with Gasteiger partial charge in [0.05, 0.1) is 23.4 Å². The Morgan fingerprint density at radius 1 is 1.05 bits per heavy atom. The predicted octanol–water partition coefficient (Wildman–Crippen LogP) is 3.07. The first-order valence-electron chi connectivity index (χ1n) is 6.42. The summed E-state index contributed by atoms with van der Waals surface area (Å²) in [5.74, 6) is 1.23. The molecule has 2 aromatic carbocycles. The molecule has 0 unspecified atom stereocenters. The smallest absolute Gasteiger partial charge is 0.231 e. The van der Waals surface area contributed by atoms with E-state index in [9.17, 15) is 0 Å². The Balaban J connectivity index is 1.96. The number of nitrogen functional groups attached to an aromatic ring is 1. The van der Waals surface area contributed by atoms with Gasteiger partial charge in [-0.15, -0.1) is 0 Å². The molecule has 0 fully saturated rings. The van der Waals surface area contributed by atoms with Gasteiger partial charge in [0.25, 0.3) is 0 Å². The number of hydrogen-bond acceptors (Lipinski definition) is 5. The van der Waals surface area contributed by atoms with Gasteiger partial charge in [-0.05, 0) is 29.8 Å². The summed E-state index contributed by atoms with van der Waals surface area (Å²) in [5.41, 5.74) is 7.38. The second kappa shape index (κ2) is 5.47. The number of aromatic nitrogens is 2. The fourth-order valence-electron chi connectivity index (χ4n) is 2.02. The second-order valence-electron chi connectivity index (χ2n) is 4.49. The summed E-state index contributed by atoms with van der Waals surface area (Å²) in [7, 11) is 0. The molecule has 0 amide bonds. The Morgan fingerprint density at radius 2 is 1.81 bits per heavy atom. The van der Waals surface area contributed by atoms with Crippen molar-refractivity contribution in [2.45, 2.75) is 6.42 Å². The zero-order valence-corrected chi connectivity index (χ0v) is 11.2. The van der Waals surface area contributed by atoms with Gasteiger partial charge < -0.3 is 10.5 Å². The highest BCUT2D eigenvalue weighted by atomic mass is 16.5. The largest absolute Gasteiger partial charge is 0.438 e. The third-order valence-electron chi connectivity index (χ3n) is 3.01. The van der Waals surface area contributed by atoms with Gasteiger partial charge >= 0.3 is 0 Å². The molecular weight excluding hydrogens is 264 g/mol. The zero-order chi connectivity index (χ0) is 14.7. The van der Waals surface area contributed by atoms with Crippen molar-refractivity contribution in [3.05, 3.63) is 54.1 Å². The van der Waals surface area contributed by atoms with Gasteiger partial charge in [0.15, 0.2) is 0 Å². The van der Waals surface area contributed by atoms with Crippen molar-refractivity contribution < 1.29 is 4.74 Å². The van der Waals surface area contributed by atoms with E-state index in [0.29, 0.717) is 18.1 Å². The van der Waals surface area contributed by atoms with E-state index in [0.717, 1.165) is 16.5 Å². The first-order valence-corrected chi connectivity index (χ1v) is 6.42. The maximum Gasteiger partial charge on any atom is 0.231 e. The summed E-state index contributed by atoms with van der Waals surface area (Å²) < 4.78 is 5.79. The summed E-state index contributed by atoms with van der Waals surface area (Å²) in [5, 5.41) is 9.46. The molecule has 0 atom stereocenters. The lowest BCUT2D eigenvalue weighted by atomic mass is 10.2. The predicted molar refractivity (Wildman–Crippen MR) is 79.8 cm³/mol. The highest BCUT2D eigenvalue weighted by Crippen LogP contribution is 2.27. The number of nitriles is 1. The van der Waals surface area contributed by atoms with Crippen molar-refractivity contribution in [3.8, 4) is 17.7 Å². The molecule has 0 aliphatic carbocycles. The summed E-state index contributed by atoms with van der Waals surface area (Å²) in [6.45, 7) is 0. The lowest BCUT2D eigenvalue weighted by molar-refractivity contribution is 0.469. The van der Waals surface area contributed by atoms with Crippen LogP contribution in [0.25, 0.3) is 10.9 Å². The molecular formula is C16H12N4O. The number of ether oxygens (including phenoxy) is 1. The maximum absolute atomic E-state index is 8.66. The number of fused-ring (bicyclic) bond motifs is 1. The highest BCUT2D eigenvalue weighted by molar-refractivity contribution is 5.84. The van der Waals surface area contributed by atoms with Crippen molar-refractivity contribution in [3.63, 3.8) is 0 Å². The fraction of sp³-hybridized carbons (Fsp3) is 0.0625. The summed E-state index contributed by atoms with van der Waals surface area (Å²) in [6.07, 6.45) is 0.379. The molecule has 0 bridgehead atoms. The summed E-state index contributed by atoms with van der Waals surface area (Å²) in [6, 6.07) is 16.9. The highest BCUT2D eigenvalue weighted by Gasteiger charge is 2.08. The van der Waals surface area contributed by atoms with Crippen LogP contribution in [0.3, 0.4) is 0 Å². The van der Waals surface area contributed by atoms with Crippen LogP contribution in [0.2, 0.25) is 0 Å². The molecule has 2 N–H and O–H groups in total. The lowest BCUT2D eigenvalue weighted by Gasteiger charge is -2.08. The average Bonchev–Trinajstić information content (AvgIpc) is 2.49. The van der Waals surface area contributed by atoms with E-state index in [1.165, 1.54) is 0 Å². The normalized spacial score (nSPS) is 10.2. The van der Waals surface area contributed by atoms with Crippen LogP contribution in [0.15, 0.2) is 48.5 Å². The number of anilines is 1. The molecule has 21 heavy (non-hydrogen) atoms. The summed E-state index contributed by atoms with van der Waals surface area (Å²) >= 11 is 0. The second-order valence-corrected chi connectivity index (χ2v) is 4.49. The standard InChI is InChI=1S/C16H12N4O/c17-10-9-11-5-7-12(8-6-11)21-15-13-3-1-2-4-14(13)19-16(18)20-15/h1-8H,9H2,(H2,18,19,20). The minimum atomic E-state index is 0.171.